The fourth-order valence-electron chi connectivity index (χ4n) is 2.50. The molecule has 0 N–H and O–H groups in total. The minimum absolute atomic E-state index is 0.0235. The molecule has 0 bridgehead atoms. The van der Waals surface area contributed by atoms with Crippen molar-refractivity contribution < 1.29 is 19.1 Å². The zero-order valence-electron chi connectivity index (χ0n) is 9.67. The summed E-state index contributed by atoms with van der Waals surface area (Å²) in [5, 5.41) is 0. The van der Waals surface area contributed by atoms with E-state index in [-0.39, 0.29) is 29.4 Å². The molecule has 1 saturated carbocycles. The Labute approximate surface area is 94.3 Å². The molecular weight excluding hydrogens is 208 g/mol. The van der Waals surface area contributed by atoms with Crippen molar-refractivity contribution in [2.75, 3.05) is 0 Å². The van der Waals surface area contributed by atoms with Crippen LogP contribution < -0.4 is 0 Å². The van der Waals surface area contributed by atoms with E-state index in [1.54, 1.807) is 0 Å². The van der Waals surface area contributed by atoms with E-state index in [4.69, 9.17) is 4.74 Å². The minimum atomic E-state index is -0.968. The van der Waals surface area contributed by atoms with Gasteiger partial charge in [0.1, 0.15) is 5.78 Å². The molecule has 16 heavy (non-hydrogen) atoms. The molecule has 2 aliphatic rings. The molecule has 1 aliphatic carbocycles. The highest BCUT2D eigenvalue weighted by Gasteiger charge is 2.53. The lowest BCUT2D eigenvalue weighted by molar-refractivity contribution is -0.198. The standard InChI is InChI=1S/C12H16O4/c1-11(2)5-8(13)3-4-12(9(14)6-11)7-10(15)16-12/h3-7H2,1-2H3. The number of esters is 1. The van der Waals surface area contributed by atoms with Gasteiger partial charge < -0.3 is 4.74 Å². The Kier molecular flexibility index (Phi) is 2.40. The van der Waals surface area contributed by atoms with Crippen LogP contribution in [0, 0.1) is 5.41 Å². The largest absolute Gasteiger partial charge is 0.450 e. The van der Waals surface area contributed by atoms with E-state index in [2.05, 4.69) is 0 Å². The lowest BCUT2D eigenvalue weighted by Gasteiger charge is -2.42. The third kappa shape index (κ3) is 1.88. The van der Waals surface area contributed by atoms with Gasteiger partial charge >= 0.3 is 5.97 Å². The summed E-state index contributed by atoms with van der Waals surface area (Å²) in [4.78, 5) is 34.6. The van der Waals surface area contributed by atoms with Crippen molar-refractivity contribution in [3.05, 3.63) is 0 Å². The second kappa shape index (κ2) is 3.40. The number of ether oxygens (including phenoxy) is 1. The topological polar surface area (TPSA) is 60.4 Å². The predicted octanol–water partition coefficient (Wildman–Crippen LogP) is 1.41. The van der Waals surface area contributed by atoms with E-state index < -0.39 is 5.60 Å². The van der Waals surface area contributed by atoms with Gasteiger partial charge in [-0.3, -0.25) is 14.4 Å². The maximum absolute atomic E-state index is 12.1. The molecule has 0 radical (unpaired) electrons. The first-order valence-corrected chi connectivity index (χ1v) is 5.60. The molecule has 1 atom stereocenters. The summed E-state index contributed by atoms with van der Waals surface area (Å²) >= 11 is 0. The number of hydrogen-bond acceptors (Lipinski definition) is 4. The number of rotatable bonds is 0. The van der Waals surface area contributed by atoms with Gasteiger partial charge in [0.15, 0.2) is 11.4 Å². The molecule has 1 heterocycles. The number of hydrogen-bond donors (Lipinski definition) is 0. The van der Waals surface area contributed by atoms with Crippen LogP contribution in [0.1, 0.15) is 46.0 Å². The molecule has 0 aromatic carbocycles. The molecule has 2 fully saturated rings. The number of carbonyl (C=O) groups excluding carboxylic acids is 3. The molecule has 1 aliphatic heterocycles. The fraction of sp³-hybridized carbons (Fsp3) is 0.750. The van der Waals surface area contributed by atoms with Crippen LogP contribution in [0.25, 0.3) is 0 Å². The van der Waals surface area contributed by atoms with E-state index in [9.17, 15) is 14.4 Å². The van der Waals surface area contributed by atoms with Crippen molar-refractivity contribution in [1.29, 1.82) is 0 Å². The molecule has 0 aromatic rings. The van der Waals surface area contributed by atoms with Gasteiger partial charge in [-0.1, -0.05) is 13.8 Å². The average Bonchev–Trinajstić information content (AvgIpc) is 2.06. The van der Waals surface area contributed by atoms with E-state index in [0.29, 0.717) is 25.7 Å². The van der Waals surface area contributed by atoms with Gasteiger partial charge in [0.25, 0.3) is 0 Å². The maximum Gasteiger partial charge on any atom is 0.311 e. The summed E-state index contributed by atoms with van der Waals surface area (Å²) in [6.45, 7) is 3.81. The second-order valence-electron chi connectivity index (χ2n) is 5.62. The smallest absolute Gasteiger partial charge is 0.311 e. The van der Waals surface area contributed by atoms with Gasteiger partial charge in [0.2, 0.25) is 0 Å². The molecule has 0 amide bonds. The average molecular weight is 224 g/mol. The zero-order chi connectivity index (χ0) is 12.0. The Hall–Kier alpha value is -1.19. The summed E-state index contributed by atoms with van der Waals surface area (Å²) in [7, 11) is 0. The predicted molar refractivity (Wildman–Crippen MR) is 55.7 cm³/mol. The van der Waals surface area contributed by atoms with Gasteiger partial charge in [0.05, 0.1) is 6.42 Å². The lowest BCUT2D eigenvalue weighted by atomic mass is 9.71. The van der Waals surface area contributed by atoms with E-state index in [1.165, 1.54) is 0 Å². The Morgan fingerprint density at radius 2 is 1.69 bits per heavy atom. The molecule has 4 nitrogen and oxygen atoms in total. The minimum Gasteiger partial charge on any atom is -0.450 e. The Morgan fingerprint density at radius 3 is 2.25 bits per heavy atom. The van der Waals surface area contributed by atoms with Crippen LogP contribution in [0.5, 0.6) is 0 Å². The summed E-state index contributed by atoms with van der Waals surface area (Å²) in [6, 6.07) is 0. The summed E-state index contributed by atoms with van der Waals surface area (Å²) in [6.07, 6.45) is 1.60. The monoisotopic (exact) mass is 224 g/mol. The molecule has 1 spiro atoms. The van der Waals surface area contributed by atoms with Gasteiger partial charge in [-0.2, -0.15) is 0 Å². The van der Waals surface area contributed by atoms with Crippen molar-refractivity contribution in [2.45, 2.75) is 51.6 Å². The van der Waals surface area contributed by atoms with Crippen LogP contribution in [0.4, 0.5) is 0 Å². The second-order valence-corrected chi connectivity index (χ2v) is 5.62. The van der Waals surface area contributed by atoms with Crippen LogP contribution >= 0.6 is 0 Å². The van der Waals surface area contributed by atoms with Crippen LogP contribution in [-0.4, -0.2) is 23.1 Å². The lowest BCUT2D eigenvalue weighted by Crippen LogP contribution is -2.55. The summed E-state index contributed by atoms with van der Waals surface area (Å²) in [5.74, 6) is -0.205. The zero-order valence-corrected chi connectivity index (χ0v) is 9.67. The van der Waals surface area contributed by atoms with Crippen molar-refractivity contribution >= 4 is 17.5 Å². The molecule has 2 rings (SSSR count). The maximum atomic E-state index is 12.1. The Bertz CT molecular complexity index is 359. The first-order valence-electron chi connectivity index (χ1n) is 5.60. The molecule has 1 saturated heterocycles. The highest BCUT2D eigenvalue weighted by atomic mass is 16.6. The quantitative estimate of drug-likeness (QED) is 0.584. The first-order chi connectivity index (χ1) is 7.33. The van der Waals surface area contributed by atoms with Gasteiger partial charge in [-0.05, 0) is 5.41 Å². The Balaban J connectivity index is 2.19. The van der Waals surface area contributed by atoms with Crippen LogP contribution in [-0.2, 0) is 19.1 Å². The number of Topliss-reactive ketones (excluding diaryl/α,β-unsaturated/α-hetero) is 2. The molecular formula is C12H16O4. The van der Waals surface area contributed by atoms with E-state index in [1.807, 2.05) is 13.8 Å². The number of carbonyl (C=O) groups is 3. The van der Waals surface area contributed by atoms with Crippen molar-refractivity contribution in [2.24, 2.45) is 5.41 Å². The number of ketones is 2. The van der Waals surface area contributed by atoms with Crippen LogP contribution in [0.3, 0.4) is 0 Å². The molecule has 4 heteroatoms. The summed E-state index contributed by atoms with van der Waals surface area (Å²) < 4.78 is 5.02. The normalized spacial score (nSPS) is 34.0. The van der Waals surface area contributed by atoms with Gasteiger partial charge in [-0.25, -0.2) is 0 Å². The van der Waals surface area contributed by atoms with Crippen LogP contribution in [0.2, 0.25) is 0 Å². The van der Waals surface area contributed by atoms with Crippen molar-refractivity contribution in [3.8, 4) is 0 Å². The SMILES string of the molecule is CC1(C)CC(=O)CCC2(CC(=O)O2)C(=O)C1. The highest BCUT2D eigenvalue weighted by Crippen LogP contribution is 2.40. The third-order valence-corrected chi connectivity index (χ3v) is 3.37. The summed E-state index contributed by atoms with van der Waals surface area (Å²) in [5.41, 5.74) is -1.28. The van der Waals surface area contributed by atoms with E-state index >= 15 is 0 Å². The fourth-order valence-corrected chi connectivity index (χ4v) is 2.50. The van der Waals surface area contributed by atoms with Crippen molar-refractivity contribution in [3.63, 3.8) is 0 Å². The Morgan fingerprint density at radius 1 is 1.06 bits per heavy atom. The molecule has 0 aromatic heterocycles. The third-order valence-electron chi connectivity index (χ3n) is 3.37. The van der Waals surface area contributed by atoms with Crippen molar-refractivity contribution in [1.82, 2.24) is 0 Å². The van der Waals surface area contributed by atoms with E-state index in [0.717, 1.165) is 0 Å². The highest BCUT2D eigenvalue weighted by molar-refractivity contribution is 5.99. The van der Waals surface area contributed by atoms with Crippen LogP contribution in [0.15, 0.2) is 0 Å². The van der Waals surface area contributed by atoms with Gasteiger partial charge in [0, 0.05) is 25.7 Å². The molecule has 88 valence electrons. The first kappa shape index (κ1) is 11.3. The van der Waals surface area contributed by atoms with Gasteiger partial charge in [-0.15, -0.1) is 0 Å². The molecule has 1 unspecified atom stereocenters.